The van der Waals surface area contributed by atoms with E-state index >= 15 is 0 Å². The Balaban J connectivity index is 2.16. The molecule has 0 spiro atoms. The Labute approximate surface area is 136 Å². The van der Waals surface area contributed by atoms with Crippen LogP contribution in [-0.4, -0.2) is 5.91 Å². The van der Waals surface area contributed by atoms with Gasteiger partial charge in [-0.05, 0) is 49.6 Å². The van der Waals surface area contributed by atoms with Crippen LogP contribution in [0, 0.1) is 32.1 Å². The van der Waals surface area contributed by atoms with Gasteiger partial charge in [0.1, 0.15) is 11.6 Å². The van der Waals surface area contributed by atoms with Crippen LogP contribution < -0.4 is 10.6 Å². The molecule has 0 aliphatic rings. The third-order valence-corrected chi connectivity index (χ3v) is 3.73. The van der Waals surface area contributed by atoms with Gasteiger partial charge in [-0.2, -0.15) is 5.26 Å². The molecule has 0 heterocycles. The first-order valence-corrected chi connectivity index (χ1v) is 7.33. The average molecular weight is 305 g/mol. The molecule has 0 bridgehead atoms. The zero-order valence-electron chi connectivity index (χ0n) is 13.5. The van der Waals surface area contributed by atoms with Gasteiger partial charge in [-0.15, -0.1) is 0 Å². The lowest BCUT2D eigenvalue weighted by atomic mass is 10.1. The number of carbonyl (C=O) groups excluding carboxylic acids is 1. The number of nitrogens with zero attached hydrogens (tertiary/aromatic N) is 1. The van der Waals surface area contributed by atoms with E-state index in [0.717, 1.165) is 22.4 Å². The van der Waals surface area contributed by atoms with E-state index in [1.54, 1.807) is 6.07 Å². The Morgan fingerprint density at radius 2 is 1.65 bits per heavy atom. The van der Waals surface area contributed by atoms with Gasteiger partial charge in [0.2, 0.25) is 0 Å². The van der Waals surface area contributed by atoms with Gasteiger partial charge in [-0.25, -0.2) is 0 Å². The van der Waals surface area contributed by atoms with E-state index in [1.165, 1.54) is 6.20 Å². The number of hydrogen-bond donors (Lipinski definition) is 2. The summed E-state index contributed by atoms with van der Waals surface area (Å²) in [6, 6.07) is 15.2. The molecule has 0 aliphatic carbocycles. The molecule has 23 heavy (non-hydrogen) atoms. The molecule has 116 valence electrons. The fourth-order valence-electron chi connectivity index (χ4n) is 2.11. The van der Waals surface area contributed by atoms with Crippen LogP contribution >= 0.6 is 0 Å². The van der Waals surface area contributed by atoms with Gasteiger partial charge in [0.25, 0.3) is 5.91 Å². The highest BCUT2D eigenvalue weighted by Crippen LogP contribution is 2.18. The van der Waals surface area contributed by atoms with E-state index in [1.807, 2.05) is 63.2 Å². The average Bonchev–Trinajstić information content (AvgIpc) is 2.54. The molecule has 2 aromatic rings. The molecule has 4 nitrogen and oxygen atoms in total. The topological polar surface area (TPSA) is 64.9 Å². The number of aryl methyl sites for hydroxylation is 2. The maximum absolute atomic E-state index is 12.2. The molecule has 2 rings (SSSR count). The Bertz CT molecular complexity index is 801. The van der Waals surface area contributed by atoms with E-state index in [0.29, 0.717) is 5.69 Å². The minimum atomic E-state index is -0.431. The zero-order chi connectivity index (χ0) is 16.8. The molecular weight excluding hydrogens is 286 g/mol. The van der Waals surface area contributed by atoms with Gasteiger partial charge in [0.05, 0.1) is 0 Å². The molecule has 0 radical (unpaired) electrons. The number of amides is 1. The summed E-state index contributed by atoms with van der Waals surface area (Å²) in [6.07, 6.45) is 1.44. The Morgan fingerprint density at radius 1 is 1.00 bits per heavy atom. The number of carbonyl (C=O) groups is 1. The molecule has 2 aromatic carbocycles. The summed E-state index contributed by atoms with van der Waals surface area (Å²) in [6.45, 7) is 5.91. The first kappa shape index (κ1) is 16.3. The first-order valence-electron chi connectivity index (χ1n) is 7.33. The molecular formula is C19H19N3O. The minimum absolute atomic E-state index is 0.0224. The van der Waals surface area contributed by atoms with E-state index in [2.05, 4.69) is 10.6 Å². The number of para-hydroxylation sites is 1. The number of nitriles is 1. The summed E-state index contributed by atoms with van der Waals surface area (Å²) in [4.78, 5) is 12.2. The third kappa shape index (κ3) is 3.98. The van der Waals surface area contributed by atoms with Crippen molar-refractivity contribution in [1.82, 2.24) is 0 Å². The van der Waals surface area contributed by atoms with Gasteiger partial charge < -0.3 is 10.6 Å². The second-order valence-corrected chi connectivity index (χ2v) is 5.33. The van der Waals surface area contributed by atoms with Gasteiger partial charge in [-0.3, -0.25) is 4.79 Å². The normalized spacial score (nSPS) is 10.8. The van der Waals surface area contributed by atoms with E-state index in [-0.39, 0.29) is 5.57 Å². The largest absolute Gasteiger partial charge is 0.360 e. The van der Waals surface area contributed by atoms with Crippen molar-refractivity contribution >= 4 is 17.3 Å². The minimum Gasteiger partial charge on any atom is -0.360 e. The summed E-state index contributed by atoms with van der Waals surface area (Å²) in [5, 5.41) is 15.0. The SMILES string of the molecule is Cc1ccccc1NC(=O)/C(C#N)=C\Nc1cccc(C)c1C. The lowest BCUT2D eigenvalue weighted by Gasteiger charge is -2.09. The number of benzene rings is 2. The number of nitrogens with one attached hydrogen (secondary N) is 2. The molecule has 0 aliphatic heterocycles. The second kappa shape index (κ2) is 7.28. The molecule has 0 atom stereocenters. The predicted octanol–water partition coefficient (Wildman–Crippen LogP) is 4.07. The molecule has 0 saturated heterocycles. The van der Waals surface area contributed by atoms with Crippen molar-refractivity contribution in [3.63, 3.8) is 0 Å². The van der Waals surface area contributed by atoms with Gasteiger partial charge in [0.15, 0.2) is 0 Å². The van der Waals surface area contributed by atoms with E-state index in [4.69, 9.17) is 0 Å². The molecule has 0 saturated carbocycles. The van der Waals surface area contributed by atoms with Crippen LogP contribution in [0.15, 0.2) is 54.2 Å². The van der Waals surface area contributed by atoms with Crippen LogP contribution in [0.1, 0.15) is 16.7 Å². The smallest absolute Gasteiger partial charge is 0.267 e. The molecule has 2 N–H and O–H groups in total. The summed E-state index contributed by atoms with van der Waals surface area (Å²) in [5.41, 5.74) is 4.77. The molecule has 0 unspecified atom stereocenters. The highest BCUT2D eigenvalue weighted by Gasteiger charge is 2.10. The van der Waals surface area contributed by atoms with Crippen molar-refractivity contribution in [3.8, 4) is 6.07 Å². The standard InChI is InChI=1S/C19H19N3O/c1-13-8-6-10-18(15(13)3)21-12-16(11-20)19(23)22-17-9-5-4-7-14(17)2/h4-10,12,21H,1-3H3,(H,22,23)/b16-12-. The summed E-state index contributed by atoms with van der Waals surface area (Å²) >= 11 is 0. The summed E-state index contributed by atoms with van der Waals surface area (Å²) in [7, 11) is 0. The summed E-state index contributed by atoms with van der Waals surface area (Å²) in [5.74, 6) is -0.431. The first-order chi connectivity index (χ1) is 11.0. The fourth-order valence-corrected chi connectivity index (χ4v) is 2.11. The number of rotatable bonds is 4. The molecule has 4 heteroatoms. The molecule has 1 amide bonds. The molecule has 0 aromatic heterocycles. The monoisotopic (exact) mass is 305 g/mol. The van der Waals surface area contributed by atoms with Crippen LogP contribution in [0.2, 0.25) is 0 Å². The second-order valence-electron chi connectivity index (χ2n) is 5.33. The van der Waals surface area contributed by atoms with Crippen molar-refractivity contribution < 1.29 is 4.79 Å². The quantitative estimate of drug-likeness (QED) is 0.661. The van der Waals surface area contributed by atoms with Crippen molar-refractivity contribution in [1.29, 1.82) is 5.26 Å². The maximum Gasteiger partial charge on any atom is 0.267 e. The van der Waals surface area contributed by atoms with Crippen LogP contribution in [0.4, 0.5) is 11.4 Å². The maximum atomic E-state index is 12.2. The van der Waals surface area contributed by atoms with Crippen molar-refractivity contribution in [2.75, 3.05) is 10.6 Å². The Kier molecular flexibility index (Phi) is 5.16. The van der Waals surface area contributed by atoms with Crippen molar-refractivity contribution in [2.45, 2.75) is 20.8 Å². The number of hydrogen-bond acceptors (Lipinski definition) is 3. The van der Waals surface area contributed by atoms with Crippen LogP contribution in [0.3, 0.4) is 0 Å². The van der Waals surface area contributed by atoms with Crippen molar-refractivity contribution in [2.24, 2.45) is 0 Å². The lowest BCUT2D eigenvalue weighted by Crippen LogP contribution is -2.15. The van der Waals surface area contributed by atoms with Crippen molar-refractivity contribution in [3.05, 3.63) is 70.9 Å². The predicted molar refractivity (Wildman–Crippen MR) is 93.0 cm³/mol. The highest BCUT2D eigenvalue weighted by molar-refractivity contribution is 6.07. The summed E-state index contributed by atoms with van der Waals surface area (Å²) < 4.78 is 0. The lowest BCUT2D eigenvalue weighted by molar-refractivity contribution is -0.112. The molecule has 0 fully saturated rings. The Hall–Kier alpha value is -3.06. The highest BCUT2D eigenvalue weighted by atomic mass is 16.1. The van der Waals surface area contributed by atoms with Crippen LogP contribution in [-0.2, 0) is 4.79 Å². The van der Waals surface area contributed by atoms with E-state index in [9.17, 15) is 10.1 Å². The van der Waals surface area contributed by atoms with Gasteiger partial charge in [-0.1, -0.05) is 30.3 Å². The van der Waals surface area contributed by atoms with Crippen LogP contribution in [0.25, 0.3) is 0 Å². The fraction of sp³-hybridized carbons (Fsp3) is 0.158. The van der Waals surface area contributed by atoms with E-state index < -0.39 is 5.91 Å². The number of anilines is 2. The van der Waals surface area contributed by atoms with Gasteiger partial charge in [0, 0.05) is 17.6 Å². The van der Waals surface area contributed by atoms with Gasteiger partial charge >= 0.3 is 0 Å². The zero-order valence-corrected chi connectivity index (χ0v) is 13.5. The Morgan fingerprint density at radius 3 is 2.35 bits per heavy atom. The van der Waals surface area contributed by atoms with Crippen LogP contribution in [0.5, 0.6) is 0 Å². The third-order valence-electron chi connectivity index (χ3n) is 3.73.